The van der Waals surface area contributed by atoms with Gasteiger partial charge in [0.1, 0.15) is 0 Å². The SMILES string of the molecule is COCCCNC(=O)c1cc(-c2cccs2)nc2cc(C)c(C)cc12. The van der Waals surface area contributed by atoms with Crippen LogP contribution in [0.3, 0.4) is 0 Å². The van der Waals surface area contributed by atoms with Crippen molar-refractivity contribution in [2.45, 2.75) is 20.3 Å². The molecule has 5 heteroatoms. The van der Waals surface area contributed by atoms with Crippen molar-refractivity contribution in [1.29, 1.82) is 0 Å². The van der Waals surface area contributed by atoms with Gasteiger partial charge in [-0.2, -0.15) is 0 Å². The molecule has 0 radical (unpaired) electrons. The first-order valence-electron chi connectivity index (χ1n) is 8.33. The van der Waals surface area contributed by atoms with Gasteiger partial charge in [0.2, 0.25) is 0 Å². The number of nitrogens with one attached hydrogen (secondary N) is 1. The number of aromatic nitrogens is 1. The summed E-state index contributed by atoms with van der Waals surface area (Å²) in [6, 6.07) is 10.0. The third-order valence-corrected chi connectivity index (χ3v) is 5.15. The summed E-state index contributed by atoms with van der Waals surface area (Å²) in [5.74, 6) is -0.0652. The molecule has 1 amide bonds. The highest BCUT2D eigenvalue weighted by atomic mass is 32.1. The number of hydrogen-bond donors (Lipinski definition) is 1. The summed E-state index contributed by atoms with van der Waals surface area (Å²) in [7, 11) is 1.66. The summed E-state index contributed by atoms with van der Waals surface area (Å²) < 4.78 is 5.04. The van der Waals surface area contributed by atoms with Gasteiger partial charge in [-0.05, 0) is 61.0 Å². The zero-order valence-corrected chi connectivity index (χ0v) is 15.6. The van der Waals surface area contributed by atoms with Crippen LogP contribution < -0.4 is 5.32 Å². The standard InChI is InChI=1S/C20H22N2O2S/c1-13-10-15-16(20(23)21-7-5-8-24-3)12-18(19-6-4-9-25-19)22-17(15)11-14(13)2/h4,6,9-12H,5,7-8H2,1-3H3,(H,21,23). The van der Waals surface area contributed by atoms with Gasteiger partial charge in [0.15, 0.2) is 0 Å². The lowest BCUT2D eigenvalue weighted by molar-refractivity contribution is 0.0950. The maximum Gasteiger partial charge on any atom is 0.252 e. The van der Waals surface area contributed by atoms with E-state index in [1.165, 1.54) is 5.56 Å². The summed E-state index contributed by atoms with van der Waals surface area (Å²) in [5, 5.41) is 5.91. The number of pyridine rings is 1. The molecule has 3 aromatic rings. The number of benzene rings is 1. The van der Waals surface area contributed by atoms with Gasteiger partial charge >= 0.3 is 0 Å². The summed E-state index contributed by atoms with van der Waals surface area (Å²) >= 11 is 1.63. The van der Waals surface area contributed by atoms with E-state index in [1.807, 2.05) is 23.6 Å². The number of amides is 1. The van der Waals surface area contributed by atoms with Gasteiger partial charge in [0.05, 0.1) is 21.7 Å². The van der Waals surface area contributed by atoms with Crippen LogP contribution in [0.25, 0.3) is 21.5 Å². The molecule has 0 spiro atoms. The van der Waals surface area contributed by atoms with Crippen LogP contribution >= 0.6 is 11.3 Å². The Balaban J connectivity index is 2.04. The Labute approximate surface area is 151 Å². The fourth-order valence-corrected chi connectivity index (χ4v) is 3.42. The predicted molar refractivity (Wildman–Crippen MR) is 103 cm³/mol. The number of thiophene rings is 1. The maximum atomic E-state index is 12.8. The van der Waals surface area contributed by atoms with Gasteiger partial charge in [0.25, 0.3) is 5.91 Å². The average Bonchev–Trinajstić information content (AvgIpc) is 3.13. The lowest BCUT2D eigenvalue weighted by Gasteiger charge is -2.12. The van der Waals surface area contributed by atoms with Gasteiger partial charge < -0.3 is 10.1 Å². The molecule has 1 N–H and O–H groups in total. The lowest BCUT2D eigenvalue weighted by Crippen LogP contribution is -2.25. The first-order chi connectivity index (χ1) is 12.1. The molecule has 0 saturated heterocycles. The van der Waals surface area contributed by atoms with Crippen molar-refractivity contribution in [3.05, 3.63) is 52.4 Å². The highest BCUT2D eigenvalue weighted by Gasteiger charge is 2.15. The topological polar surface area (TPSA) is 51.2 Å². The Kier molecular flexibility index (Phi) is 5.46. The highest BCUT2D eigenvalue weighted by Crippen LogP contribution is 2.29. The molecule has 25 heavy (non-hydrogen) atoms. The molecule has 0 aliphatic heterocycles. The van der Waals surface area contributed by atoms with Crippen LogP contribution in [0.15, 0.2) is 35.7 Å². The fourth-order valence-electron chi connectivity index (χ4n) is 2.74. The van der Waals surface area contributed by atoms with E-state index in [0.29, 0.717) is 18.7 Å². The molecule has 0 atom stereocenters. The Bertz CT molecular complexity index is 888. The Hall–Kier alpha value is -2.24. The third-order valence-electron chi connectivity index (χ3n) is 4.25. The maximum absolute atomic E-state index is 12.8. The molecule has 0 aliphatic rings. The lowest BCUT2D eigenvalue weighted by atomic mass is 10.0. The van der Waals surface area contributed by atoms with Crippen molar-refractivity contribution >= 4 is 28.1 Å². The number of fused-ring (bicyclic) bond motifs is 1. The van der Waals surface area contributed by atoms with E-state index in [1.54, 1.807) is 18.4 Å². The van der Waals surface area contributed by atoms with Crippen LogP contribution in [-0.2, 0) is 4.74 Å². The second-order valence-electron chi connectivity index (χ2n) is 6.09. The third kappa shape index (κ3) is 3.89. The van der Waals surface area contributed by atoms with Crippen LogP contribution in [0.1, 0.15) is 27.9 Å². The van der Waals surface area contributed by atoms with E-state index in [-0.39, 0.29) is 5.91 Å². The number of methoxy groups -OCH3 is 1. The summed E-state index contributed by atoms with van der Waals surface area (Å²) in [4.78, 5) is 18.6. The number of carbonyl (C=O) groups is 1. The highest BCUT2D eigenvalue weighted by molar-refractivity contribution is 7.13. The van der Waals surface area contributed by atoms with Gasteiger partial charge in [0, 0.05) is 25.6 Å². The number of rotatable bonds is 6. The van der Waals surface area contributed by atoms with Crippen LogP contribution in [0, 0.1) is 13.8 Å². The average molecular weight is 354 g/mol. The Morgan fingerprint density at radius 2 is 2.04 bits per heavy atom. The largest absolute Gasteiger partial charge is 0.385 e. The van der Waals surface area contributed by atoms with E-state index >= 15 is 0 Å². The van der Waals surface area contributed by atoms with Crippen LogP contribution in [0.2, 0.25) is 0 Å². The van der Waals surface area contributed by atoms with Gasteiger partial charge in [-0.3, -0.25) is 4.79 Å². The quantitative estimate of drug-likeness (QED) is 0.670. The number of carbonyl (C=O) groups excluding carboxylic acids is 1. The van der Waals surface area contributed by atoms with Crippen molar-refractivity contribution in [3.63, 3.8) is 0 Å². The summed E-state index contributed by atoms with van der Waals surface area (Å²) in [6.45, 7) is 5.35. The van der Waals surface area contributed by atoms with Crippen molar-refractivity contribution in [3.8, 4) is 10.6 Å². The molecule has 4 nitrogen and oxygen atoms in total. The molecule has 0 saturated carbocycles. The molecule has 2 aromatic heterocycles. The van der Waals surface area contributed by atoms with E-state index in [2.05, 4.69) is 31.3 Å². The minimum Gasteiger partial charge on any atom is -0.385 e. The second-order valence-corrected chi connectivity index (χ2v) is 7.04. The fraction of sp³-hybridized carbons (Fsp3) is 0.300. The first-order valence-corrected chi connectivity index (χ1v) is 9.21. The normalized spacial score (nSPS) is 11.0. The van der Waals surface area contributed by atoms with E-state index in [0.717, 1.165) is 33.5 Å². The van der Waals surface area contributed by atoms with Crippen LogP contribution in [-0.4, -0.2) is 31.2 Å². The molecule has 1 aromatic carbocycles. The molecule has 130 valence electrons. The second kappa shape index (κ2) is 7.76. The molecule has 0 aliphatic carbocycles. The van der Waals surface area contributed by atoms with E-state index < -0.39 is 0 Å². The van der Waals surface area contributed by atoms with Gasteiger partial charge in [-0.1, -0.05) is 6.07 Å². The number of ether oxygens (including phenoxy) is 1. The Morgan fingerprint density at radius 3 is 2.76 bits per heavy atom. The van der Waals surface area contributed by atoms with Crippen LogP contribution in [0.5, 0.6) is 0 Å². The zero-order valence-electron chi connectivity index (χ0n) is 14.8. The minimum atomic E-state index is -0.0652. The molecular formula is C20H22N2O2S. The van der Waals surface area contributed by atoms with Gasteiger partial charge in [-0.15, -0.1) is 11.3 Å². The number of aryl methyl sites for hydroxylation is 2. The van der Waals surface area contributed by atoms with Crippen molar-refractivity contribution in [1.82, 2.24) is 10.3 Å². The molecule has 0 bridgehead atoms. The van der Waals surface area contributed by atoms with Crippen molar-refractivity contribution in [2.24, 2.45) is 0 Å². The zero-order chi connectivity index (χ0) is 17.8. The van der Waals surface area contributed by atoms with Gasteiger partial charge in [-0.25, -0.2) is 4.98 Å². The predicted octanol–water partition coefficient (Wildman–Crippen LogP) is 4.35. The minimum absolute atomic E-state index is 0.0652. The molecule has 0 fully saturated rings. The first kappa shape index (κ1) is 17.6. The van der Waals surface area contributed by atoms with Crippen molar-refractivity contribution in [2.75, 3.05) is 20.3 Å². The molecule has 3 rings (SSSR count). The monoisotopic (exact) mass is 354 g/mol. The van der Waals surface area contributed by atoms with E-state index in [4.69, 9.17) is 9.72 Å². The van der Waals surface area contributed by atoms with E-state index in [9.17, 15) is 4.79 Å². The summed E-state index contributed by atoms with van der Waals surface area (Å²) in [6.07, 6.45) is 0.793. The number of hydrogen-bond acceptors (Lipinski definition) is 4. The molecule has 0 unspecified atom stereocenters. The Morgan fingerprint density at radius 1 is 1.24 bits per heavy atom. The molecular weight excluding hydrogens is 332 g/mol. The van der Waals surface area contributed by atoms with Crippen molar-refractivity contribution < 1.29 is 9.53 Å². The molecule has 2 heterocycles. The van der Waals surface area contributed by atoms with Crippen LogP contribution in [0.4, 0.5) is 0 Å². The smallest absolute Gasteiger partial charge is 0.252 e. The number of nitrogens with zero attached hydrogens (tertiary/aromatic N) is 1. The summed E-state index contributed by atoms with van der Waals surface area (Å²) in [5.41, 5.74) is 4.71.